The van der Waals surface area contributed by atoms with E-state index in [2.05, 4.69) is 13.8 Å². The minimum atomic E-state index is -0.377. The number of aliphatic hydroxyl groups is 1. The summed E-state index contributed by atoms with van der Waals surface area (Å²) in [5, 5.41) is 11.3. The smallest absolute Gasteiger partial charge is 0.306 e. The van der Waals surface area contributed by atoms with Crippen LogP contribution < -0.4 is 0 Å². The Balaban J connectivity index is 1.53. The van der Waals surface area contributed by atoms with E-state index in [0.29, 0.717) is 24.7 Å². The molecule has 4 aliphatic carbocycles. The van der Waals surface area contributed by atoms with Crippen LogP contribution in [0.15, 0.2) is 11.6 Å². The zero-order valence-corrected chi connectivity index (χ0v) is 15.9. The van der Waals surface area contributed by atoms with E-state index in [-0.39, 0.29) is 40.2 Å². The Morgan fingerprint density at radius 3 is 2.62 bits per heavy atom. The molecule has 0 bridgehead atoms. The molecule has 1 saturated heterocycles. The third kappa shape index (κ3) is 1.95. The summed E-state index contributed by atoms with van der Waals surface area (Å²) in [6.07, 6.45) is 9.16. The first-order valence-electron chi connectivity index (χ1n) is 10.4. The fourth-order valence-electron chi connectivity index (χ4n) is 7.97. The fraction of sp³-hybridized carbons (Fsp3) is 0.818. The molecule has 7 atom stereocenters. The first kappa shape index (κ1) is 17.0. The second-order valence-electron chi connectivity index (χ2n) is 10.1. The van der Waals surface area contributed by atoms with Gasteiger partial charge in [0.05, 0.1) is 6.10 Å². The lowest BCUT2D eigenvalue weighted by molar-refractivity contribution is -0.184. The maximum absolute atomic E-state index is 11.9. The van der Waals surface area contributed by atoms with E-state index in [9.17, 15) is 14.7 Å². The highest BCUT2D eigenvalue weighted by molar-refractivity contribution is 5.91. The van der Waals surface area contributed by atoms with Crippen molar-refractivity contribution in [1.29, 1.82) is 0 Å². The molecule has 1 heterocycles. The topological polar surface area (TPSA) is 63.6 Å². The first-order valence-corrected chi connectivity index (χ1v) is 10.4. The molecule has 4 heteroatoms. The summed E-state index contributed by atoms with van der Waals surface area (Å²) in [5.41, 5.74) is 0.777. The zero-order chi connectivity index (χ0) is 18.3. The largest absolute Gasteiger partial charge is 0.458 e. The SMILES string of the molecule is C[C@]12CCC(=O)C=C1CCC1C2[C@H](O)C[C@@]2(C)C1CC[C@@]21CCC(=O)O1. The number of aliphatic hydroxyl groups excluding tert-OH is 1. The molecule has 1 spiro atoms. The molecule has 3 unspecified atom stereocenters. The molecule has 5 aliphatic rings. The van der Waals surface area contributed by atoms with Gasteiger partial charge in [-0.15, -0.1) is 0 Å². The van der Waals surface area contributed by atoms with Gasteiger partial charge in [-0.25, -0.2) is 0 Å². The van der Waals surface area contributed by atoms with E-state index < -0.39 is 0 Å². The molecule has 0 amide bonds. The quantitative estimate of drug-likeness (QED) is 0.673. The number of carbonyl (C=O) groups excluding carboxylic acids is 2. The Morgan fingerprint density at radius 1 is 1.08 bits per heavy atom. The van der Waals surface area contributed by atoms with Gasteiger partial charge in [0.1, 0.15) is 5.60 Å². The number of hydrogen-bond acceptors (Lipinski definition) is 4. The number of hydrogen-bond donors (Lipinski definition) is 1. The Bertz CT molecular complexity index is 711. The normalized spacial score (nSPS) is 53.0. The lowest BCUT2D eigenvalue weighted by Gasteiger charge is -2.60. The molecule has 5 rings (SSSR count). The Hall–Kier alpha value is -1.16. The summed E-state index contributed by atoms with van der Waals surface area (Å²) in [5.74, 6) is 1.41. The number of allylic oxidation sites excluding steroid dienone is 1. The van der Waals surface area contributed by atoms with Crippen LogP contribution in [0.2, 0.25) is 0 Å². The molecule has 4 nitrogen and oxygen atoms in total. The molecular formula is C22H30O4. The summed E-state index contributed by atoms with van der Waals surface area (Å²) < 4.78 is 5.95. The van der Waals surface area contributed by atoms with Crippen molar-refractivity contribution in [2.45, 2.75) is 83.3 Å². The van der Waals surface area contributed by atoms with Crippen molar-refractivity contribution < 1.29 is 19.4 Å². The van der Waals surface area contributed by atoms with Gasteiger partial charge < -0.3 is 9.84 Å². The minimum absolute atomic E-state index is 0.0420. The number of ketones is 1. The Labute approximate surface area is 155 Å². The maximum atomic E-state index is 11.9. The number of esters is 1. The molecular weight excluding hydrogens is 328 g/mol. The van der Waals surface area contributed by atoms with E-state index >= 15 is 0 Å². The summed E-state index contributed by atoms with van der Waals surface area (Å²) in [6, 6.07) is 0. The number of fused-ring (bicyclic) bond motifs is 6. The predicted molar refractivity (Wildman–Crippen MR) is 96.2 cm³/mol. The fourth-order valence-corrected chi connectivity index (χ4v) is 7.97. The van der Waals surface area contributed by atoms with Gasteiger partial charge in [0.15, 0.2) is 5.78 Å². The van der Waals surface area contributed by atoms with Crippen molar-refractivity contribution in [1.82, 2.24) is 0 Å². The van der Waals surface area contributed by atoms with Gasteiger partial charge in [-0.2, -0.15) is 0 Å². The summed E-state index contributed by atoms with van der Waals surface area (Å²) in [4.78, 5) is 23.9. The third-order valence-electron chi connectivity index (χ3n) is 9.23. The molecule has 0 aromatic carbocycles. The lowest BCUT2D eigenvalue weighted by Crippen LogP contribution is -2.59. The predicted octanol–water partition coefficient (Wildman–Crippen LogP) is 3.56. The summed E-state index contributed by atoms with van der Waals surface area (Å²) >= 11 is 0. The van der Waals surface area contributed by atoms with E-state index in [1.807, 2.05) is 6.08 Å². The molecule has 0 radical (unpaired) electrons. The Kier molecular flexibility index (Phi) is 3.40. The molecule has 3 saturated carbocycles. The van der Waals surface area contributed by atoms with Gasteiger partial charge in [-0.05, 0) is 74.2 Å². The van der Waals surface area contributed by atoms with Gasteiger partial charge in [0, 0.05) is 18.3 Å². The molecule has 0 aromatic heterocycles. The zero-order valence-electron chi connectivity index (χ0n) is 15.9. The van der Waals surface area contributed by atoms with Crippen LogP contribution in [-0.4, -0.2) is 28.6 Å². The van der Waals surface area contributed by atoms with Crippen LogP contribution in [0.4, 0.5) is 0 Å². The molecule has 142 valence electrons. The van der Waals surface area contributed by atoms with Crippen LogP contribution in [0.25, 0.3) is 0 Å². The van der Waals surface area contributed by atoms with Crippen LogP contribution in [0.1, 0.15) is 71.6 Å². The van der Waals surface area contributed by atoms with E-state index in [0.717, 1.165) is 44.9 Å². The highest BCUT2D eigenvalue weighted by atomic mass is 16.6. The van der Waals surface area contributed by atoms with E-state index in [1.165, 1.54) is 5.57 Å². The van der Waals surface area contributed by atoms with Crippen LogP contribution >= 0.6 is 0 Å². The molecule has 4 fully saturated rings. The second kappa shape index (κ2) is 5.21. The van der Waals surface area contributed by atoms with Gasteiger partial charge in [-0.1, -0.05) is 19.4 Å². The van der Waals surface area contributed by atoms with Crippen molar-refractivity contribution >= 4 is 11.8 Å². The molecule has 1 aliphatic heterocycles. The number of rotatable bonds is 0. The van der Waals surface area contributed by atoms with Gasteiger partial charge in [-0.3, -0.25) is 9.59 Å². The average Bonchev–Trinajstić information content (AvgIpc) is 3.09. The van der Waals surface area contributed by atoms with Crippen molar-refractivity contribution in [3.63, 3.8) is 0 Å². The van der Waals surface area contributed by atoms with Crippen molar-refractivity contribution in [2.75, 3.05) is 0 Å². The van der Waals surface area contributed by atoms with Crippen LogP contribution in [-0.2, 0) is 14.3 Å². The van der Waals surface area contributed by atoms with Gasteiger partial charge >= 0.3 is 5.97 Å². The maximum Gasteiger partial charge on any atom is 0.306 e. The highest BCUT2D eigenvalue weighted by Crippen LogP contribution is 2.69. The average molecular weight is 358 g/mol. The second-order valence-corrected chi connectivity index (χ2v) is 10.1. The van der Waals surface area contributed by atoms with Crippen LogP contribution in [0, 0.1) is 28.6 Å². The van der Waals surface area contributed by atoms with E-state index in [4.69, 9.17) is 4.74 Å². The number of carbonyl (C=O) groups is 2. The van der Waals surface area contributed by atoms with Crippen LogP contribution in [0.3, 0.4) is 0 Å². The van der Waals surface area contributed by atoms with Gasteiger partial charge in [0.2, 0.25) is 0 Å². The highest BCUT2D eigenvalue weighted by Gasteiger charge is 2.68. The third-order valence-corrected chi connectivity index (χ3v) is 9.23. The Morgan fingerprint density at radius 2 is 1.88 bits per heavy atom. The summed E-state index contributed by atoms with van der Waals surface area (Å²) in [7, 11) is 0. The van der Waals surface area contributed by atoms with Crippen molar-refractivity contribution in [2.24, 2.45) is 28.6 Å². The molecule has 0 aromatic rings. The van der Waals surface area contributed by atoms with Crippen molar-refractivity contribution in [3.8, 4) is 0 Å². The van der Waals surface area contributed by atoms with E-state index in [1.54, 1.807) is 0 Å². The first-order chi connectivity index (χ1) is 12.3. The molecule has 1 N–H and O–H groups in total. The monoisotopic (exact) mass is 358 g/mol. The standard InChI is InChI=1S/C22H30O4/c1-20-8-5-14(23)11-13(20)3-4-15-16-6-9-22(10-7-18(25)26-22)21(16,2)12-17(24)19(15)20/h11,15-17,19,24H,3-10,12H2,1-2H3/t15?,16?,17-,19?,20+,21+,22-/m1/s1. The molecule has 26 heavy (non-hydrogen) atoms. The summed E-state index contributed by atoms with van der Waals surface area (Å²) in [6.45, 7) is 4.56. The van der Waals surface area contributed by atoms with Gasteiger partial charge in [0.25, 0.3) is 0 Å². The lowest BCUT2D eigenvalue weighted by atomic mass is 9.45. The van der Waals surface area contributed by atoms with Crippen molar-refractivity contribution in [3.05, 3.63) is 11.6 Å². The minimum Gasteiger partial charge on any atom is -0.458 e. The van der Waals surface area contributed by atoms with Crippen LogP contribution in [0.5, 0.6) is 0 Å². The number of ether oxygens (including phenoxy) is 1.